The van der Waals surface area contributed by atoms with Crippen LogP contribution < -0.4 is 5.32 Å². The molecule has 0 radical (unpaired) electrons. The minimum absolute atomic E-state index is 0.0630. The molecule has 2 rings (SSSR count). The van der Waals surface area contributed by atoms with Crippen LogP contribution in [0.3, 0.4) is 0 Å². The number of anilines is 1. The maximum absolute atomic E-state index is 12.7. The lowest BCUT2D eigenvalue weighted by Gasteiger charge is -2.31. The monoisotopic (exact) mass is 344 g/mol. The van der Waals surface area contributed by atoms with E-state index in [1.807, 2.05) is 0 Å². The van der Waals surface area contributed by atoms with Crippen LogP contribution in [-0.2, 0) is 15.7 Å². The van der Waals surface area contributed by atoms with Gasteiger partial charge >= 0.3 is 18.2 Å². The summed E-state index contributed by atoms with van der Waals surface area (Å²) in [5.74, 6) is -0.750. The molecule has 0 spiro atoms. The highest BCUT2D eigenvalue weighted by Gasteiger charge is 2.31. The van der Waals surface area contributed by atoms with Gasteiger partial charge < -0.3 is 15.0 Å². The Morgan fingerprint density at radius 1 is 1.38 bits per heavy atom. The van der Waals surface area contributed by atoms with Crippen LogP contribution >= 0.6 is 0 Å². The molecule has 1 aromatic carbocycles. The zero-order valence-corrected chi connectivity index (χ0v) is 13.2. The largest absolute Gasteiger partial charge is 0.466 e. The standard InChI is InChI=1S/C16H19F3N2O3/c1-2-24-14(22)11-5-4-8-21(10-11)15(23)20-13-7-3-6-12(9-13)16(17,18)19/h3,6-7,9,11H,2,4-5,8,10H2,1H3,(H,20,23)/t11-/m0/s1. The highest BCUT2D eigenvalue weighted by Crippen LogP contribution is 2.30. The highest BCUT2D eigenvalue weighted by atomic mass is 19.4. The van der Waals surface area contributed by atoms with Gasteiger partial charge in [-0.2, -0.15) is 13.2 Å². The number of benzene rings is 1. The predicted molar refractivity (Wildman–Crippen MR) is 81.4 cm³/mol. The minimum Gasteiger partial charge on any atom is -0.466 e. The number of hydrogen-bond donors (Lipinski definition) is 1. The summed E-state index contributed by atoms with van der Waals surface area (Å²) in [6, 6.07) is 3.91. The van der Waals surface area contributed by atoms with Crippen molar-refractivity contribution in [2.75, 3.05) is 25.0 Å². The summed E-state index contributed by atoms with van der Waals surface area (Å²) in [5.41, 5.74) is -0.767. The fourth-order valence-electron chi connectivity index (χ4n) is 2.59. The van der Waals surface area contributed by atoms with E-state index in [0.29, 0.717) is 19.4 Å². The van der Waals surface area contributed by atoms with Gasteiger partial charge in [0.2, 0.25) is 0 Å². The molecule has 1 fully saturated rings. The van der Waals surface area contributed by atoms with E-state index in [1.165, 1.54) is 17.0 Å². The normalized spacial score (nSPS) is 18.2. The van der Waals surface area contributed by atoms with Gasteiger partial charge in [0.05, 0.1) is 18.1 Å². The zero-order valence-electron chi connectivity index (χ0n) is 13.2. The lowest BCUT2D eigenvalue weighted by atomic mass is 9.98. The molecule has 0 unspecified atom stereocenters. The summed E-state index contributed by atoms with van der Waals surface area (Å²) >= 11 is 0. The molecular formula is C16H19F3N2O3. The fourth-order valence-corrected chi connectivity index (χ4v) is 2.59. The van der Waals surface area contributed by atoms with E-state index in [-0.39, 0.29) is 24.8 Å². The van der Waals surface area contributed by atoms with Crippen molar-refractivity contribution >= 4 is 17.7 Å². The molecule has 8 heteroatoms. The molecule has 1 saturated heterocycles. The number of alkyl halides is 3. The molecule has 2 amide bonds. The van der Waals surface area contributed by atoms with E-state index in [0.717, 1.165) is 12.1 Å². The molecule has 0 aromatic heterocycles. The molecule has 0 bridgehead atoms. The summed E-state index contributed by atoms with van der Waals surface area (Å²) in [6.07, 6.45) is -3.20. The Morgan fingerprint density at radius 3 is 2.79 bits per heavy atom. The Hall–Kier alpha value is -2.25. The van der Waals surface area contributed by atoms with Crippen molar-refractivity contribution in [2.24, 2.45) is 5.92 Å². The maximum atomic E-state index is 12.7. The lowest BCUT2D eigenvalue weighted by molar-refractivity contribution is -0.149. The van der Waals surface area contributed by atoms with Gasteiger partial charge in [-0.1, -0.05) is 6.07 Å². The van der Waals surface area contributed by atoms with Gasteiger partial charge in [0.15, 0.2) is 0 Å². The van der Waals surface area contributed by atoms with Crippen LogP contribution in [0.15, 0.2) is 24.3 Å². The second-order valence-corrected chi connectivity index (χ2v) is 5.55. The van der Waals surface area contributed by atoms with E-state index in [1.54, 1.807) is 6.92 Å². The second-order valence-electron chi connectivity index (χ2n) is 5.55. The van der Waals surface area contributed by atoms with Crippen molar-refractivity contribution in [1.82, 2.24) is 4.90 Å². The predicted octanol–water partition coefficient (Wildman–Crippen LogP) is 3.51. The van der Waals surface area contributed by atoms with Crippen LogP contribution in [0.4, 0.5) is 23.7 Å². The quantitative estimate of drug-likeness (QED) is 0.854. The Balaban J connectivity index is 2.00. The molecule has 132 valence electrons. The topological polar surface area (TPSA) is 58.6 Å². The van der Waals surface area contributed by atoms with Crippen molar-refractivity contribution in [1.29, 1.82) is 0 Å². The maximum Gasteiger partial charge on any atom is 0.416 e. The summed E-state index contributed by atoms with van der Waals surface area (Å²) in [5, 5.41) is 2.45. The third kappa shape index (κ3) is 4.62. The Labute approximate surface area is 137 Å². The SMILES string of the molecule is CCOC(=O)[C@H]1CCCN(C(=O)Nc2cccc(C(F)(F)F)c2)C1. The van der Waals surface area contributed by atoms with E-state index in [2.05, 4.69) is 5.32 Å². The zero-order chi connectivity index (χ0) is 17.7. The summed E-state index contributed by atoms with van der Waals surface area (Å²) in [4.78, 5) is 25.4. The number of esters is 1. The summed E-state index contributed by atoms with van der Waals surface area (Å²) in [7, 11) is 0. The third-order valence-corrected chi connectivity index (χ3v) is 3.77. The van der Waals surface area contributed by atoms with Crippen LogP contribution in [0.1, 0.15) is 25.3 Å². The van der Waals surface area contributed by atoms with Gasteiger partial charge in [0.25, 0.3) is 0 Å². The van der Waals surface area contributed by atoms with Crippen molar-refractivity contribution in [2.45, 2.75) is 25.9 Å². The van der Waals surface area contributed by atoms with Gasteiger partial charge in [0, 0.05) is 18.8 Å². The van der Waals surface area contributed by atoms with Gasteiger partial charge in [-0.25, -0.2) is 4.79 Å². The second kappa shape index (κ2) is 7.55. The first-order valence-electron chi connectivity index (χ1n) is 7.71. The molecule has 1 aromatic rings. The van der Waals surface area contributed by atoms with Crippen molar-refractivity contribution in [3.8, 4) is 0 Å². The first kappa shape index (κ1) is 18.1. The van der Waals surface area contributed by atoms with Gasteiger partial charge in [-0.3, -0.25) is 4.79 Å². The molecule has 5 nitrogen and oxygen atoms in total. The van der Waals surface area contributed by atoms with Gasteiger partial charge in [0.1, 0.15) is 0 Å². The number of piperidine rings is 1. The highest BCUT2D eigenvalue weighted by molar-refractivity contribution is 5.90. The van der Waals surface area contributed by atoms with Crippen molar-refractivity contribution < 1.29 is 27.5 Å². The van der Waals surface area contributed by atoms with Gasteiger partial charge in [-0.05, 0) is 38.0 Å². The molecule has 1 aliphatic heterocycles. The molecule has 24 heavy (non-hydrogen) atoms. The first-order valence-corrected chi connectivity index (χ1v) is 7.71. The molecule has 0 aliphatic carbocycles. The molecule has 1 N–H and O–H groups in total. The molecular weight excluding hydrogens is 325 g/mol. The Morgan fingerprint density at radius 2 is 2.12 bits per heavy atom. The number of hydrogen-bond acceptors (Lipinski definition) is 3. The van der Waals surface area contributed by atoms with Crippen LogP contribution in [0.2, 0.25) is 0 Å². The number of nitrogens with zero attached hydrogens (tertiary/aromatic N) is 1. The number of likely N-dealkylation sites (tertiary alicyclic amines) is 1. The van der Waals surface area contributed by atoms with E-state index in [9.17, 15) is 22.8 Å². The average Bonchev–Trinajstić information content (AvgIpc) is 2.54. The van der Waals surface area contributed by atoms with Crippen LogP contribution in [0.25, 0.3) is 0 Å². The molecule has 1 atom stereocenters. The van der Waals surface area contributed by atoms with Crippen molar-refractivity contribution in [3.05, 3.63) is 29.8 Å². The smallest absolute Gasteiger partial charge is 0.416 e. The fraction of sp³-hybridized carbons (Fsp3) is 0.500. The number of carbonyl (C=O) groups excluding carboxylic acids is 2. The molecule has 1 heterocycles. The number of ether oxygens (including phenoxy) is 1. The number of amides is 2. The molecule has 0 saturated carbocycles. The Kier molecular flexibility index (Phi) is 5.69. The van der Waals surface area contributed by atoms with Crippen LogP contribution in [0, 0.1) is 5.92 Å². The van der Waals surface area contributed by atoms with E-state index >= 15 is 0 Å². The van der Waals surface area contributed by atoms with Gasteiger partial charge in [-0.15, -0.1) is 0 Å². The number of carbonyl (C=O) groups is 2. The third-order valence-electron chi connectivity index (χ3n) is 3.77. The molecule has 1 aliphatic rings. The number of urea groups is 1. The lowest BCUT2D eigenvalue weighted by Crippen LogP contribution is -2.44. The average molecular weight is 344 g/mol. The number of rotatable bonds is 3. The summed E-state index contributed by atoms with van der Waals surface area (Å²) < 4.78 is 43.1. The van der Waals surface area contributed by atoms with Crippen LogP contribution in [-0.4, -0.2) is 36.6 Å². The summed E-state index contributed by atoms with van der Waals surface area (Å²) in [6.45, 7) is 2.62. The Bertz CT molecular complexity index is 604. The first-order chi connectivity index (χ1) is 11.3. The van der Waals surface area contributed by atoms with E-state index in [4.69, 9.17) is 4.74 Å². The van der Waals surface area contributed by atoms with Crippen molar-refractivity contribution in [3.63, 3.8) is 0 Å². The van der Waals surface area contributed by atoms with E-state index < -0.39 is 23.7 Å². The number of halogens is 3. The minimum atomic E-state index is -4.47. The van der Waals surface area contributed by atoms with Crippen LogP contribution in [0.5, 0.6) is 0 Å². The number of nitrogens with one attached hydrogen (secondary N) is 1.